The fourth-order valence-corrected chi connectivity index (χ4v) is 2.84. The average molecular weight is 375 g/mol. The summed E-state index contributed by atoms with van der Waals surface area (Å²) < 4.78 is 5.23. The Bertz CT molecular complexity index is 882. The van der Waals surface area contributed by atoms with Crippen molar-refractivity contribution >= 4 is 46.2 Å². The van der Waals surface area contributed by atoms with Gasteiger partial charge in [-0.05, 0) is 37.3 Å². The number of aromatic nitrogens is 2. The van der Waals surface area contributed by atoms with Crippen LogP contribution in [0.25, 0.3) is 0 Å². The van der Waals surface area contributed by atoms with Gasteiger partial charge in [0.05, 0.1) is 7.11 Å². The molecule has 0 amide bonds. The van der Waals surface area contributed by atoms with Crippen LogP contribution in [0.3, 0.4) is 0 Å². The highest BCUT2D eigenvalue weighted by Crippen LogP contribution is 2.26. The fraction of sp³-hybridized carbons (Fsp3) is 0.111. The molecular weight excluding hydrogens is 359 g/mol. The van der Waals surface area contributed by atoms with E-state index in [0.717, 1.165) is 17.1 Å². The molecule has 0 aliphatic heterocycles. The SMILES string of the molecule is COc1cccc(Nc2cc(Nc3cc(Cl)cc(Cl)c3)nc(C)n2)c1. The van der Waals surface area contributed by atoms with E-state index in [-0.39, 0.29) is 0 Å². The van der Waals surface area contributed by atoms with Gasteiger partial charge in [0.1, 0.15) is 23.2 Å². The number of aryl methyl sites for hydroxylation is 1. The van der Waals surface area contributed by atoms with Crippen molar-refractivity contribution in [2.45, 2.75) is 6.92 Å². The average Bonchev–Trinajstić information content (AvgIpc) is 2.53. The Hall–Kier alpha value is -2.50. The summed E-state index contributed by atoms with van der Waals surface area (Å²) in [5.41, 5.74) is 1.62. The zero-order valence-electron chi connectivity index (χ0n) is 13.7. The van der Waals surface area contributed by atoms with Crippen molar-refractivity contribution in [3.8, 4) is 5.75 Å². The van der Waals surface area contributed by atoms with E-state index >= 15 is 0 Å². The van der Waals surface area contributed by atoms with Gasteiger partial charge in [0.15, 0.2) is 0 Å². The van der Waals surface area contributed by atoms with Gasteiger partial charge in [0.25, 0.3) is 0 Å². The monoisotopic (exact) mass is 374 g/mol. The third kappa shape index (κ3) is 4.75. The van der Waals surface area contributed by atoms with Crippen molar-refractivity contribution in [2.75, 3.05) is 17.7 Å². The quantitative estimate of drug-likeness (QED) is 0.609. The van der Waals surface area contributed by atoms with Crippen LogP contribution in [0.4, 0.5) is 23.0 Å². The number of hydrogen-bond donors (Lipinski definition) is 2. The number of halogens is 2. The molecule has 1 heterocycles. The summed E-state index contributed by atoms with van der Waals surface area (Å²) in [5.74, 6) is 2.69. The van der Waals surface area contributed by atoms with Crippen LogP contribution < -0.4 is 15.4 Å². The van der Waals surface area contributed by atoms with Crippen molar-refractivity contribution < 1.29 is 4.74 Å². The van der Waals surface area contributed by atoms with Crippen LogP contribution in [-0.4, -0.2) is 17.1 Å². The normalized spacial score (nSPS) is 10.4. The summed E-state index contributed by atoms with van der Waals surface area (Å²) in [7, 11) is 1.63. The second-order valence-electron chi connectivity index (χ2n) is 5.33. The molecule has 2 N–H and O–H groups in total. The molecule has 2 aromatic carbocycles. The third-order valence-corrected chi connectivity index (χ3v) is 3.75. The van der Waals surface area contributed by atoms with E-state index < -0.39 is 0 Å². The lowest BCUT2D eigenvalue weighted by Gasteiger charge is -2.11. The van der Waals surface area contributed by atoms with Crippen LogP contribution in [0, 0.1) is 6.92 Å². The molecule has 0 saturated carbocycles. The van der Waals surface area contributed by atoms with Crippen LogP contribution in [0.5, 0.6) is 5.75 Å². The van der Waals surface area contributed by atoms with E-state index in [1.54, 1.807) is 31.4 Å². The maximum atomic E-state index is 6.03. The molecule has 0 spiro atoms. The molecule has 0 radical (unpaired) electrons. The first-order chi connectivity index (χ1) is 12.0. The smallest absolute Gasteiger partial charge is 0.136 e. The van der Waals surface area contributed by atoms with Gasteiger partial charge < -0.3 is 15.4 Å². The highest BCUT2D eigenvalue weighted by molar-refractivity contribution is 6.35. The molecule has 3 aromatic rings. The minimum Gasteiger partial charge on any atom is -0.497 e. The molecule has 128 valence electrons. The Morgan fingerprint density at radius 2 is 1.48 bits per heavy atom. The number of methoxy groups -OCH3 is 1. The Kier molecular flexibility index (Phi) is 5.26. The van der Waals surface area contributed by atoms with Crippen LogP contribution >= 0.6 is 23.2 Å². The maximum absolute atomic E-state index is 6.03. The fourth-order valence-electron chi connectivity index (χ4n) is 2.32. The number of hydrogen-bond acceptors (Lipinski definition) is 5. The highest BCUT2D eigenvalue weighted by atomic mass is 35.5. The number of anilines is 4. The van der Waals surface area contributed by atoms with Gasteiger partial charge in [-0.15, -0.1) is 0 Å². The molecule has 3 rings (SSSR count). The second-order valence-corrected chi connectivity index (χ2v) is 6.20. The predicted octanol–water partition coefficient (Wildman–Crippen LogP) is 5.59. The number of nitrogens with zero attached hydrogens (tertiary/aromatic N) is 2. The zero-order valence-corrected chi connectivity index (χ0v) is 15.2. The minimum atomic E-state index is 0.551. The van der Waals surface area contributed by atoms with Crippen molar-refractivity contribution in [3.05, 3.63) is 64.4 Å². The van der Waals surface area contributed by atoms with Gasteiger partial charge in [0.2, 0.25) is 0 Å². The Balaban J connectivity index is 1.84. The van der Waals surface area contributed by atoms with Crippen molar-refractivity contribution in [3.63, 3.8) is 0 Å². The summed E-state index contributed by atoms with van der Waals surface area (Å²) in [6.07, 6.45) is 0. The standard InChI is InChI=1S/C18H16Cl2N4O/c1-11-21-17(23-14-4-3-5-16(9-14)25-2)10-18(22-11)24-15-7-12(19)6-13(20)8-15/h3-10H,1-2H3,(H2,21,22,23,24). The third-order valence-electron chi connectivity index (χ3n) is 3.32. The van der Waals surface area contributed by atoms with Crippen LogP contribution in [0.15, 0.2) is 48.5 Å². The van der Waals surface area contributed by atoms with Gasteiger partial charge in [-0.25, -0.2) is 9.97 Å². The summed E-state index contributed by atoms with van der Waals surface area (Å²) in [6, 6.07) is 14.6. The molecule has 0 atom stereocenters. The lowest BCUT2D eigenvalue weighted by atomic mass is 10.3. The van der Waals surface area contributed by atoms with Gasteiger partial charge in [0, 0.05) is 33.6 Å². The molecule has 0 aliphatic carbocycles. The van der Waals surface area contributed by atoms with Gasteiger partial charge >= 0.3 is 0 Å². The molecule has 0 saturated heterocycles. The maximum Gasteiger partial charge on any atom is 0.136 e. The molecule has 25 heavy (non-hydrogen) atoms. The van der Waals surface area contributed by atoms with Gasteiger partial charge in [-0.1, -0.05) is 29.3 Å². The molecule has 5 nitrogen and oxygen atoms in total. The molecule has 0 bridgehead atoms. The molecule has 1 aromatic heterocycles. The largest absolute Gasteiger partial charge is 0.497 e. The van der Waals surface area contributed by atoms with Crippen LogP contribution in [-0.2, 0) is 0 Å². The number of ether oxygens (including phenoxy) is 1. The number of rotatable bonds is 5. The van der Waals surface area contributed by atoms with E-state index in [4.69, 9.17) is 27.9 Å². The molecule has 7 heteroatoms. The Labute approximate surface area is 156 Å². The lowest BCUT2D eigenvalue weighted by molar-refractivity contribution is 0.415. The van der Waals surface area contributed by atoms with Crippen molar-refractivity contribution in [1.82, 2.24) is 9.97 Å². The Morgan fingerprint density at radius 3 is 2.12 bits per heavy atom. The van der Waals surface area contributed by atoms with E-state index in [9.17, 15) is 0 Å². The van der Waals surface area contributed by atoms with E-state index in [1.165, 1.54) is 0 Å². The number of nitrogens with one attached hydrogen (secondary N) is 2. The second kappa shape index (κ2) is 7.59. The molecule has 0 fully saturated rings. The van der Waals surface area contributed by atoms with Crippen molar-refractivity contribution in [1.29, 1.82) is 0 Å². The summed E-state index contributed by atoms with van der Waals surface area (Å²) in [5, 5.41) is 7.54. The minimum absolute atomic E-state index is 0.551. The van der Waals surface area contributed by atoms with E-state index in [2.05, 4.69) is 20.6 Å². The predicted molar refractivity (Wildman–Crippen MR) is 103 cm³/mol. The summed E-state index contributed by atoms with van der Waals surface area (Å²) in [6.45, 7) is 1.83. The lowest BCUT2D eigenvalue weighted by Crippen LogP contribution is -2.01. The van der Waals surface area contributed by atoms with Crippen LogP contribution in [0.1, 0.15) is 5.82 Å². The first-order valence-corrected chi connectivity index (χ1v) is 8.27. The molecular formula is C18H16Cl2N4O. The summed E-state index contributed by atoms with van der Waals surface area (Å²) in [4.78, 5) is 8.80. The Morgan fingerprint density at radius 1 is 0.840 bits per heavy atom. The number of benzene rings is 2. The highest BCUT2D eigenvalue weighted by Gasteiger charge is 2.05. The topological polar surface area (TPSA) is 59.1 Å². The van der Waals surface area contributed by atoms with Gasteiger partial charge in [-0.3, -0.25) is 0 Å². The van der Waals surface area contributed by atoms with E-state index in [0.29, 0.717) is 27.5 Å². The summed E-state index contributed by atoms with van der Waals surface area (Å²) >= 11 is 12.1. The van der Waals surface area contributed by atoms with Gasteiger partial charge in [-0.2, -0.15) is 0 Å². The first kappa shape index (κ1) is 17.3. The van der Waals surface area contributed by atoms with Crippen molar-refractivity contribution in [2.24, 2.45) is 0 Å². The van der Waals surface area contributed by atoms with Crippen LogP contribution in [0.2, 0.25) is 10.0 Å². The zero-order chi connectivity index (χ0) is 17.8. The molecule has 0 unspecified atom stereocenters. The first-order valence-electron chi connectivity index (χ1n) is 7.52. The molecule has 0 aliphatic rings. The van der Waals surface area contributed by atoms with E-state index in [1.807, 2.05) is 31.2 Å².